The van der Waals surface area contributed by atoms with Crippen LogP contribution < -0.4 is 10.6 Å². The monoisotopic (exact) mass is 351 g/mol. The van der Waals surface area contributed by atoms with E-state index in [1.807, 2.05) is 0 Å². The average molecular weight is 351 g/mol. The number of carbonyl (C=O) groups excluding carboxylic acids is 1. The number of amides is 1. The molecule has 0 aromatic heterocycles. The molecule has 2 atom stereocenters. The van der Waals surface area contributed by atoms with Crippen LogP contribution in [0.4, 0.5) is 8.78 Å². The van der Waals surface area contributed by atoms with Crippen LogP contribution >= 0.6 is 0 Å². The molecule has 25 heavy (non-hydrogen) atoms. The van der Waals surface area contributed by atoms with Crippen LogP contribution in [0.5, 0.6) is 0 Å². The lowest BCUT2D eigenvalue weighted by Gasteiger charge is -2.33. The normalized spacial score (nSPS) is 24.6. The van der Waals surface area contributed by atoms with E-state index in [1.165, 1.54) is 12.1 Å². The molecule has 2 aliphatic heterocycles. The van der Waals surface area contributed by atoms with Crippen molar-refractivity contribution in [3.63, 3.8) is 0 Å². The number of hydrogen-bond donors (Lipinski definition) is 2. The van der Waals surface area contributed by atoms with Crippen molar-refractivity contribution in [1.82, 2.24) is 15.5 Å². The molecule has 2 heterocycles. The number of benzene rings is 1. The number of carbonyl (C=O) groups is 1. The summed E-state index contributed by atoms with van der Waals surface area (Å²) in [6.07, 6.45) is 1.82. The molecule has 2 saturated heterocycles. The van der Waals surface area contributed by atoms with Crippen LogP contribution in [0.3, 0.4) is 0 Å². The van der Waals surface area contributed by atoms with Gasteiger partial charge in [0.1, 0.15) is 0 Å². The number of likely N-dealkylation sites (tertiary alicyclic amines) is 1. The molecule has 0 radical (unpaired) electrons. The Morgan fingerprint density at radius 1 is 1.24 bits per heavy atom. The van der Waals surface area contributed by atoms with Gasteiger partial charge in [0.25, 0.3) is 6.43 Å². The minimum atomic E-state index is -2.41. The van der Waals surface area contributed by atoms with Crippen molar-refractivity contribution in [2.75, 3.05) is 26.2 Å². The SMILES string of the molecule is O=C(NCC1CCCN(Cc2ccc(C(F)F)cc2)C1)C1CCCN1. The quantitative estimate of drug-likeness (QED) is 0.828. The van der Waals surface area contributed by atoms with Crippen molar-refractivity contribution in [3.05, 3.63) is 35.4 Å². The number of rotatable bonds is 6. The molecule has 1 amide bonds. The zero-order chi connectivity index (χ0) is 17.6. The second-order valence-corrected chi connectivity index (χ2v) is 7.18. The first-order chi connectivity index (χ1) is 12.1. The van der Waals surface area contributed by atoms with Gasteiger partial charge in [0.05, 0.1) is 6.04 Å². The first kappa shape index (κ1) is 18.3. The van der Waals surface area contributed by atoms with E-state index in [-0.39, 0.29) is 17.5 Å². The molecule has 2 aliphatic rings. The fourth-order valence-corrected chi connectivity index (χ4v) is 3.76. The summed E-state index contributed by atoms with van der Waals surface area (Å²) in [6, 6.07) is 6.58. The Hall–Kier alpha value is -1.53. The standard InChI is InChI=1S/C19H27F2N3O/c20-18(21)16-7-5-14(6-8-16)12-24-10-2-3-15(13-24)11-23-19(25)17-4-1-9-22-17/h5-8,15,17-18,22H,1-4,9-13H2,(H,23,25). The maximum Gasteiger partial charge on any atom is 0.263 e. The first-order valence-electron chi connectivity index (χ1n) is 9.22. The van der Waals surface area contributed by atoms with Crippen LogP contribution in [0, 0.1) is 5.92 Å². The van der Waals surface area contributed by atoms with Crippen LogP contribution in [0.15, 0.2) is 24.3 Å². The van der Waals surface area contributed by atoms with Gasteiger partial charge in [-0.25, -0.2) is 8.78 Å². The summed E-state index contributed by atoms with van der Waals surface area (Å²) in [5, 5.41) is 6.31. The number of piperidine rings is 1. The predicted molar refractivity (Wildman–Crippen MR) is 93.4 cm³/mol. The molecule has 1 aromatic carbocycles. The zero-order valence-electron chi connectivity index (χ0n) is 14.5. The minimum absolute atomic E-state index is 0.0203. The molecular formula is C19H27F2N3O. The van der Waals surface area contributed by atoms with E-state index in [2.05, 4.69) is 15.5 Å². The third-order valence-corrected chi connectivity index (χ3v) is 5.18. The van der Waals surface area contributed by atoms with Gasteiger partial charge < -0.3 is 10.6 Å². The maximum absolute atomic E-state index is 12.6. The number of halogens is 2. The molecule has 3 rings (SSSR count). The highest BCUT2D eigenvalue weighted by Gasteiger charge is 2.24. The Kier molecular flexibility index (Phi) is 6.37. The van der Waals surface area contributed by atoms with Crippen molar-refractivity contribution in [2.45, 2.75) is 44.7 Å². The summed E-state index contributed by atoms with van der Waals surface area (Å²) in [5.41, 5.74) is 1.13. The van der Waals surface area contributed by atoms with E-state index in [1.54, 1.807) is 12.1 Å². The van der Waals surface area contributed by atoms with Crippen LogP contribution in [0.1, 0.15) is 43.2 Å². The van der Waals surface area contributed by atoms with Gasteiger partial charge in [-0.15, -0.1) is 0 Å². The highest BCUT2D eigenvalue weighted by atomic mass is 19.3. The zero-order valence-corrected chi connectivity index (χ0v) is 14.5. The van der Waals surface area contributed by atoms with Crippen molar-refractivity contribution >= 4 is 5.91 Å². The first-order valence-corrected chi connectivity index (χ1v) is 9.22. The highest BCUT2D eigenvalue weighted by Crippen LogP contribution is 2.21. The predicted octanol–water partition coefficient (Wildman–Crippen LogP) is 2.70. The van der Waals surface area contributed by atoms with Gasteiger partial charge in [-0.3, -0.25) is 9.69 Å². The molecule has 0 aliphatic carbocycles. The summed E-state index contributed by atoms with van der Waals surface area (Å²) < 4.78 is 25.2. The fraction of sp³-hybridized carbons (Fsp3) is 0.632. The van der Waals surface area contributed by atoms with Crippen LogP contribution in [-0.4, -0.2) is 43.0 Å². The molecule has 2 fully saturated rings. The van der Waals surface area contributed by atoms with Crippen molar-refractivity contribution in [3.8, 4) is 0 Å². The molecule has 0 spiro atoms. The second kappa shape index (κ2) is 8.72. The Bertz CT molecular complexity index is 558. The van der Waals surface area contributed by atoms with E-state index in [0.29, 0.717) is 5.92 Å². The number of alkyl halides is 2. The average Bonchev–Trinajstić information content (AvgIpc) is 3.15. The molecule has 0 saturated carbocycles. The largest absolute Gasteiger partial charge is 0.354 e. The smallest absolute Gasteiger partial charge is 0.263 e. The Morgan fingerprint density at radius 3 is 2.72 bits per heavy atom. The van der Waals surface area contributed by atoms with Crippen molar-refractivity contribution in [1.29, 1.82) is 0 Å². The molecule has 2 unspecified atom stereocenters. The summed E-state index contributed by atoms with van der Waals surface area (Å²) in [7, 11) is 0. The van der Waals surface area contributed by atoms with E-state index >= 15 is 0 Å². The van der Waals surface area contributed by atoms with E-state index in [4.69, 9.17) is 0 Å². The van der Waals surface area contributed by atoms with Crippen LogP contribution in [0.2, 0.25) is 0 Å². The third kappa shape index (κ3) is 5.22. The van der Waals surface area contributed by atoms with Crippen molar-refractivity contribution < 1.29 is 13.6 Å². The van der Waals surface area contributed by atoms with Gasteiger partial charge in [-0.1, -0.05) is 24.3 Å². The Labute approximate surface area is 148 Å². The molecule has 138 valence electrons. The fourth-order valence-electron chi connectivity index (χ4n) is 3.76. The maximum atomic E-state index is 12.6. The van der Waals surface area contributed by atoms with E-state index < -0.39 is 6.43 Å². The van der Waals surface area contributed by atoms with Gasteiger partial charge >= 0.3 is 0 Å². The lowest BCUT2D eigenvalue weighted by Crippen LogP contribution is -2.45. The van der Waals surface area contributed by atoms with Gasteiger partial charge in [0.2, 0.25) is 5.91 Å². The van der Waals surface area contributed by atoms with E-state index in [9.17, 15) is 13.6 Å². The molecule has 0 bridgehead atoms. The Morgan fingerprint density at radius 2 is 2.04 bits per heavy atom. The second-order valence-electron chi connectivity index (χ2n) is 7.18. The number of nitrogens with one attached hydrogen (secondary N) is 2. The molecule has 6 heteroatoms. The van der Waals surface area contributed by atoms with Crippen LogP contribution in [0.25, 0.3) is 0 Å². The van der Waals surface area contributed by atoms with Crippen molar-refractivity contribution in [2.24, 2.45) is 5.92 Å². The van der Waals surface area contributed by atoms with Gasteiger partial charge in [-0.2, -0.15) is 0 Å². The summed E-state index contributed by atoms with van der Waals surface area (Å²) in [6.45, 7) is 4.38. The topological polar surface area (TPSA) is 44.4 Å². The lowest BCUT2D eigenvalue weighted by atomic mass is 9.97. The molecular weight excluding hydrogens is 324 g/mol. The van der Waals surface area contributed by atoms with Crippen LogP contribution in [-0.2, 0) is 11.3 Å². The number of nitrogens with zero attached hydrogens (tertiary/aromatic N) is 1. The Balaban J connectivity index is 1.45. The third-order valence-electron chi connectivity index (χ3n) is 5.18. The summed E-state index contributed by atoms with van der Waals surface area (Å²) >= 11 is 0. The van der Waals surface area contributed by atoms with Gasteiger partial charge in [0, 0.05) is 25.2 Å². The van der Waals surface area contributed by atoms with E-state index in [0.717, 1.165) is 64.0 Å². The summed E-state index contributed by atoms with van der Waals surface area (Å²) in [5.74, 6) is 0.580. The van der Waals surface area contributed by atoms with Gasteiger partial charge in [-0.05, 0) is 50.3 Å². The minimum Gasteiger partial charge on any atom is -0.354 e. The molecule has 4 nitrogen and oxygen atoms in total. The van der Waals surface area contributed by atoms with Gasteiger partial charge in [0.15, 0.2) is 0 Å². The molecule has 1 aromatic rings. The molecule has 2 N–H and O–H groups in total. The summed E-state index contributed by atoms with van der Waals surface area (Å²) in [4.78, 5) is 14.5. The number of hydrogen-bond acceptors (Lipinski definition) is 3. The lowest BCUT2D eigenvalue weighted by molar-refractivity contribution is -0.123. The highest BCUT2D eigenvalue weighted by molar-refractivity contribution is 5.81.